The summed E-state index contributed by atoms with van der Waals surface area (Å²) in [5, 5.41) is 4.31. The predicted octanol–water partition coefficient (Wildman–Crippen LogP) is 0.454. The van der Waals surface area contributed by atoms with Crippen LogP contribution in [0.2, 0.25) is 0 Å². The van der Waals surface area contributed by atoms with Crippen LogP contribution in [0.25, 0.3) is 0 Å². The fourth-order valence-electron chi connectivity index (χ4n) is 1.10. The highest BCUT2D eigenvalue weighted by atomic mass is 19.4. The minimum Gasteiger partial charge on any atom is -0.469 e. The third kappa shape index (κ3) is 7.10. The summed E-state index contributed by atoms with van der Waals surface area (Å²) in [6.45, 7) is 1.66. The van der Waals surface area contributed by atoms with Crippen molar-refractivity contribution in [1.29, 1.82) is 0 Å². The zero-order chi connectivity index (χ0) is 14.4. The number of halogens is 3. The molecule has 0 bridgehead atoms. The maximum absolute atomic E-state index is 11.8. The van der Waals surface area contributed by atoms with Crippen LogP contribution in [0.4, 0.5) is 13.2 Å². The van der Waals surface area contributed by atoms with Gasteiger partial charge >= 0.3 is 12.1 Å². The van der Waals surface area contributed by atoms with Crippen molar-refractivity contribution in [1.82, 2.24) is 10.6 Å². The molecule has 0 aliphatic heterocycles. The summed E-state index contributed by atoms with van der Waals surface area (Å²) < 4.78 is 39.9. The molecule has 1 amide bonds. The van der Waals surface area contributed by atoms with Gasteiger partial charge in [-0.05, 0) is 13.8 Å². The number of carbonyl (C=O) groups excluding carboxylic acids is 2. The van der Waals surface area contributed by atoms with Gasteiger partial charge in [0.25, 0.3) is 0 Å². The molecule has 106 valence electrons. The molecule has 0 heterocycles. The number of carbonyl (C=O) groups is 2. The molecule has 0 aromatic carbocycles. The van der Waals surface area contributed by atoms with Crippen molar-refractivity contribution in [2.45, 2.75) is 20.0 Å². The molecular weight excluding hydrogens is 253 g/mol. The molecule has 18 heavy (non-hydrogen) atoms. The average Bonchev–Trinajstić information content (AvgIpc) is 2.24. The first kappa shape index (κ1) is 16.7. The van der Waals surface area contributed by atoms with Gasteiger partial charge in [-0.2, -0.15) is 13.2 Å². The minimum atomic E-state index is -4.43. The highest BCUT2D eigenvalue weighted by Gasteiger charge is 2.29. The molecule has 0 radical (unpaired) electrons. The van der Waals surface area contributed by atoms with Gasteiger partial charge in [0.15, 0.2) is 0 Å². The summed E-state index contributed by atoms with van der Waals surface area (Å²) in [6, 6.07) is 0. The summed E-state index contributed by atoms with van der Waals surface area (Å²) in [5.74, 6) is -1.25. The van der Waals surface area contributed by atoms with Crippen LogP contribution in [0.15, 0.2) is 0 Å². The van der Waals surface area contributed by atoms with Crippen LogP contribution in [0, 0.1) is 5.41 Å². The molecule has 0 unspecified atom stereocenters. The molecular formula is C10H17F3N2O3. The Morgan fingerprint density at radius 2 is 1.72 bits per heavy atom. The van der Waals surface area contributed by atoms with Crippen LogP contribution in [0.3, 0.4) is 0 Å². The Labute approximate surface area is 103 Å². The smallest absolute Gasteiger partial charge is 0.405 e. The van der Waals surface area contributed by atoms with Gasteiger partial charge in [0.05, 0.1) is 19.1 Å². The van der Waals surface area contributed by atoms with Crippen LogP contribution in [0.1, 0.15) is 13.8 Å². The van der Waals surface area contributed by atoms with E-state index in [-0.39, 0.29) is 13.1 Å². The number of hydrogen-bond acceptors (Lipinski definition) is 4. The molecule has 0 atom stereocenters. The van der Waals surface area contributed by atoms with Crippen molar-refractivity contribution >= 4 is 11.9 Å². The van der Waals surface area contributed by atoms with Gasteiger partial charge < -0.3 is 15.4 Å². The molecule has 2 N–H and O–H groups in total. The van der Waals surface area contributed by atoms with Gasteiger partial charge in [-0.25, -0.2) is 0 Å². The van der Waals surface area contributed by atoms with E-state index in [0.717, 1.165) is 0 Å². The molecule has 0 aromatic heterocycles. The Balaban J connectivity index is 3.91. The highest BCUT2D eigenvalue weighted by Crippen LogP contribution is 2.15. The van der Waals surface area contributed by atoms with Gasteiger partial charge in [0.1, 0.15) is 6.54 Å². The zero-order valence-electron chi connectivity index (χ0n) is 10.5. The molecule has 0 saturated heterocycles. The third-order valence-electron chi connectivity index (χ3n) is 2.08. The second-order valence-corrected chi connectivity index (χ2v) is 4.37. The first-order valence-corrected chi connectivity index (χ1v) is 5.21. The number of amides is 1. The predicted molar refractivity (Wildman–Crippen MR) is 57.7 cm³/mol. The molecule has 0 aromatic rings. The number of nitrogens with one attached hydrogen (secondary N) is 2. The van der Waals surface area contributed by atoms with Crippen LogP contribution in [-0.4, -0.2) is 44.8 Å². The van der Waals surface area contributed by atoms with Crippen molar-refractivity contribution in [2.24, 2.45) is 5.41 Å². The lowest BCUT2D eigenvalue weighted by Crippen LogP contribution is -2.43. The standard InChI is InChI=1S/C10H17F3N2O3/c1-9(2,8(17)18-3)5-14-4-7(16)15-6-10(11,12)13/h14H,4-6H2,1-3H3,(H,15,16). The van der Waals surface area contributed by atoms with Gasteiger partial charge in [-0.3, -0.25) is 9.59 Å². The molecule has 0 fully saturated rings. The number of esters is 1. The van der Waals surface area contributed by atoms with Crippen molar-refractivity contribution in [2.75, 3.05) is 26.7 Å². The van der Waals surface area contributed by atoms with Crippen LogP contribution >= 0.6 is 0 Å². The maximum Gasteiger partial charge on any atom is 0.405 e. The van der Waals surface area contributed by atoms with E-state index in [1.165, 1.54) is 7.11 Å². The summed E-state index contributed by atoms with van der Waals surface area (Å²) >= 11 is 0. The van der Waals surface area contributed by atoms with Crippen molar-refractivity contribution < 1.29 is 27.5 Å². The Morgan fingerprint density at radius 3 is 2.17 bits per heavy atom. The fraction of sp³-hybridized carbons (Fsp3) is 0.800. The number of hydrogen-bond donors (Lipinski definition) is 2. The normalized spacial score (nSPS) is 12.1. The largest absolute Gasteiger partial charge is 0.469 e. The fourth-order valence-corrected chi connectivity index (χ4v) is 1.10. The molecule has 5 nitrogen and oxygen atoms in total. The SMILES string of the molecule is COC(=O)C(C)(C)CNCC(=O)NCC(F)(F)F. The lowest BCUT2D eigenvalue weighted by atomic mass is 9.94. The van der Waals surface area contributed by atoms with Gasteiger partial charge in [-0.1, -0.05) is 0 Å². The topological polar surface area (TPSA) is 67.4 Å². The summed E-state index contributed by atoms with van der Waals surface area (Å²) in [7, 11) is 1.24. The van der Waals surface area contributed by atoms with Crippen molar-refractivity contribution in [3.05, 3.63) is 0 Å². The number of rotatable bonds is 6. The summed E-state index contributed by atoms with van der Waals surface area (Å²) in [4.78, 5) is 22.3. The van der Waals surface area contributed by atoms with E-state index in [4.69, 9.17) is 0 Å². The van der Waals surface area contributed by atoms with E-state index in [2.05, 4.69) is 10.1 Å². The second kappa shape index (κ2) is 6.58. The monoisotopic (exact) mass is 270 g/mol. The van der Waals surface area contributed by atoms with E-state index in [9.17, 15) is 22.8 Å². The van der Waals surface area contributed by atoms with E-state index in [1.807, 2.05) is 0 Å². The van der Waals surface area contributed by atoms with E-state index in [0.29, 0.717) is 0 Å². The van der Waals surface area contributed by atoms with E-state index >= 15 is 0 Å². The first-order chi connectivity index (χ1) is 8.08. The molecule has 8 heteroatoms. The quantitative estimate of drug-likeness (QED) is 0.688. The van der Waals surface area contributed by atoms with Crippen molar-refractivity contribution in [3.8, 4) is 0 Å². The molecule has 0 saturated carbocycles. The Hall–Kier alpha value is -1.31. The highest BCUT2D eigenvalue weighted by molar-refractivity contribution is 5.78. The van der Waals surface area contributed by atoms with Gasteiger partial charge in [0.2, 0.25) is 5.91 Å². The van der Waals surface area contributed by atoms with Crippen molar-refractivity contribution in [3.63, 3.8) is 0 Å². The molecule has 0 aliphatic carbocycles. The third-order valence-corrected chi connectivity index (χ3v) is 2.08. The lowest BCUT2D eigenvalue weighted by molar-refractivity contribution is -0.150. The van der Waals surface area contributed by atoms with Crippen LogP contribution in [-0.2, 0) is 14.3 Å². The van der Waals surface area contributed by atoms with E-state index < -0.39 is 30.0 Å². The summed E-state index contributed by atoms with van der Waals surface area (Å²) in [6.07, 6.45) is -4.43. The van der Waals surface area contributed by atoms with Crippen LogP contribution < -0.4 is 10.6 Å². The van der Waals surface area contributed by atoms with Crippen LogP contribution in [0.5, 0.6) is 0 Å². The van der Waals surface area contributed by atoms with Gasteiger partial charge in [-0.15, -0.1) is 0 Å². The number of alkyl halides is 3. The Bertz CT molecular complexity index is 303. The zero-order valence-corrected chi connectivity index (χ0v) is 10.5. The minimum absolute atomic E-state index is 0.124. The molecule has 0 spiro atoms. The lowest BCUT2D eigenvalue weighted by Gasteiger charge is -2.21. The first-order valence-electron chi connectivity index (χ1n) is 5.21. The Kier molecular flexibility index (Phi) is 6.10. The van der Waals surface area contributed by atoms with Gasteiger partial charge in [0, 0.05) is 6.54 Å². The van der Waals surface area contributed by atoms with E-state index in [1.54, 1.807) is 19.2 Å². The Morgan fingerprint density at radius 1 is 1.17 bits per heavy atom. The molecule has 0 aliphatic rings. The summed E-state index contributed by atoms with van der Waals surface area (Å²) in [5.41, 5.74) is -0.848. The average molecular weight is 270 g/mol. The number of ether oxygens (including phenoxy) is 1. The number of methoxy groups -OCH3 is 1. The second-order valence-electron chi connectivity index (χ2n) is 4.37. The molecule has 0 rings (SSSR count). The maximum atomic E-state index is 11.8.